The van der Waals surface area contributed by atoms with E-state index >= 15 is 0 Å². The number of benzene rings is 2. The number of quaternary nitrogens is 1. The molecule has 0 saturated carbocycles. The highest BCUT2D eigenvalue weighted by atomic mass is 16.5. The van der Waals surface area contributed by atoms with Crippen LogP contribution >= 0.6 is 0 Å². The highest BCUT2D eigenvalue weighted by Gasteiger charge is 2.21. The van der Waals surface area contributed by atoms with Crippen LogP contribution in [0.15, 0.2) is 54.6 Å². The van der Waals surface area contributed by atoms with Crippen LogP contribution in [0.3, 0.4) is 0 Å². The van der Waals surface area contributed by atoms with Crippen LogP contribution in [0, 0.1) is 5.92 Å². The van der Waals surface area contributed by atoms with Gasteiger partial charge in [0, 0.05) is 12.0 Å². The number of rotatable bonds is 24. The Morgan fingerprint density at radius 3 is 2.00 bits per heavy atom. The zero-order valence-electron chi connectivity index (χ0n) is 26.9. The number of carbonyl (C=O) groups excluding carboxylic acids is 1. The van der Waals surface area contributed by atoms with Crippen LogP contribution in [0.4, 0.5) is 0 Å². The largest absolute Gasteiger partial charge is 0.493 e. The molecule has 4 nitrogen and oxygen atoms in total. The van der Waals surface area contributed by atoms with Gasteiger partial charge in [-0.15, -0.1) is 0 Å². The van der Waals surface area contributed by atoms with Crippen molar-refractivity contribution in [2.24, 2.45) is 5.92 Å². The third-order valence-corrected chi connectivity index (χ3v) is 8.09. The van der Waals surface area contributed by atoms with Crippen molar-refractivity contribution in [3.63, 3.8) is 0 Å². The second-order valence-corrected chi connectivity index (χ2v) is 12.6. The zero-order valence-corrected chi connectivity index (χ0v) is 26.9. The quantitative estimate of drug-likeness (QED) is 0.0721. The molecule has 0 aliphatic heterocycles. The van der Waals surface area contributed by atoms with E-state index in [1.54, 1.807) is 0 Å². The molecule has 0 N–H and O–H groups in total. The van der Waals surface area contributed by atoms with Crippen LogP contribution in [0.5, 0.6) is 5.75 Å². The van der Waals surface area contributed by atoms with Crippen LogP contribution in [-0.2, 0) is 22.5 Å². The third kappa shape index (κ3) is 16.6. The molecule has 1 atom stereocenters. The number of ether oxygens (including phenoxy) is 2. The Bertz CT molecular complexity index is 927. The average molecular weight is 567 g/mol. The van der Waals surface area contributed by atoms with E-state index < -0.39 is 0 Å². The number of carbonyl (C=O) groups is 1. The molecule has 2 aromatic rings. The summed E-state index contributed by atoms with van der Waals surface area (Å²) in [4.78, 5) is 12.5. The van der Waals surface area contributed by atoms with Gasteiger partial charge in [0.05, 0.1) is 39.8 Å². The average Bonchev–Trinajstić information content (AvgIpc) is 2.97. The molecule has 230 valence electrons. The van der Waals surface area contributed by atoms with Crippen LogP contribution < -0.4 is 4.74 Å². The first-order chi connectivity index (χ1) is 19.9. The van der Waals surface area contributed by atoms with Crippen molar-refractivity contribution in [1.29, 1.82) is 0 Å². The van der Waals surface area contributed by atoms with Gasteiger partial charge in [0.1, 0.15) is 12.3 Å². The van der Waals surface area contributed by atoms with Gasteiger partial charge in [-0.1, -0.05) is 127 Å². The molecule has 2 rings (SSSR count). The maximum atomic E-state index is 12.5. The summed E-state index contributed by atoms with van der Waals surface area (Å²) in [5.74, 6) is 0.853. The van der Waals surface area contributed by atoms with E-state index in [1.165, 1.54) is 81.8 Å². The number of nitrogens with zero attached hydrogens (tertiary/aromatic N) is 1. The maximum Gasteiger partial charge on any atom is 0.308 e. The molecule has 0 bridgehead atoms. The van der Waals surface area contributed by atoms with Crippen molar-refractivity contribution in [2.75, 3.05) is 33.9 Å². The van der Waals surface area contributed by atoms with E-state index in [-0.39, 0.29) is 11.9 Å². The molecule has 1 unspecified atom stereocenters. The minimum Gasteiger partial charge on any atom is -0.493 e. The van der Waals surface area contributed by atoms with Gasteiger partial charge in [0.15, 0.2) is 0 Å². The van der Waals surface area contributed by atoms with Crippen LogP contribution in [0.1, 0.15) is 115 Å². The number of hydrogen-bond donors (Lipinski definition) is 0. The van der Waals surface area contributed by atoms with Crippen molar-refractivity contribution in [1.82, 2.24) is 0 Å². The second-order valence-electron chi connectivity index (χ2n) is 12.6. The minimum atomic E-state index is -0.0816. The van der Waals surface area contributed by atoms with Crippen molar-refractivity contribution < 1.29 is 18.8 Å². The first-order valence-corrected chi connectivity index (χ1v) is 16.6. The first-order valence-electron chi connectivity index (χ1n) is 16.6. The zero-order chi connectivity index (χ0) is 29.6. The van der Waals surface area contributed by atoms with Crippen LogP contribution in [0.25, 0.3) is 0 Å². The number of para-hydroxylation sites is 1. The molecule has 0 aliphatic rings. The normalized spacial score (nSPS) is 12.3. The smallest absolute Gasteiger partial charge is 0.308 e. The Labute approximate surface area is 252 Å². The minimum absolute atomic E-state index is 0.0806. The predicted octanol–water partition coefficient (Wildman–Crippen LogP) is 9.55. The summed E-state index contributed by atoms with van der Waals surface area (Å²) in [5, 5.41) is 0. The van der Waals surface area contributed by atoms with Gasteiger partial charge < -0.3 is 14.0 Å². The molecule has 0 spiro atoms. The second kappa shape index (κ2) is 21.4. The molecule has 0 heterocycles. The molecule has 2 aromatic carbocycles. The molecule has 0 aliphatic carbocycles. The molecule has 4 heteroatoms. The van der Waals surface area contributed by atoms with Gasteiger partial charge in [-0.3, -0.25) is 4.79 Å². The highest BCUT2D eigenvalue weighted by Crippen LogP contribution is 2.21. The Morgan fingerprint density at radius 1 is 0.732 bits per heavy atom. The topological polar surface area (TPSA) is 35.5 Å². The molecule has 0 saturated heterocycles. The van der Waals surface area contributed by atoms with E-state index in [1.807, 2.05) is 13.0 Å². The maximum absolute atomic E-state index is 12.5. The standard InChI is InChI=1S/C37H60NO3/c1-5-6-7-8-9-10-11-12-13-14-18-25-35-26-19-20-27-36(35)40-30-21-22-31-41-37(39)33(2)28-29-38(3,4)32-34-23-16-15-17-24-34/h15-17,19-20,23-24,26-27,33H,5-14,18,21-22,25,28-32H2,1-4H3/q+1. The first kappa shape index (κ1) is 34.9. The molecular formula is C37H60NO3+. The predicted molar refractivity (Wildman–Crippen MR) is 173 cm³/mol. The molecule has 41 heavy (non-hydrogen) atoms. The summed E-state index contributed by atoms with van der Waals surface area (Å²) >= 11 is 0. The summed E-state index contributed by atoms with van der Waals surface area (Å²) < 4.78 is 12.6. The van der Waals surface area contributed by atoms with E-state index in [0.29, 0.717) is 13.2 Å². The van der Waals surface area contributed by atoms with Gasteiger partial charge in [0.25, 0.3) is 0 Å². The van der Waals surface area contributed by atoms with Crippen molar-refractivity contribution in [2.45, 2.75) is 117 Å². The monoisotopic (exact) mass is 566 g/mol. The summed E-state index contributed by atoms with van der Waals surface area (Å²) in [7, 11) is 4.45. The lowest BCUT2D eigenvalue weighted by Crippen LogP contribution is -2.40. The summed E-state index contributed by atoms with van der Waals surface area (Å²) in [5.41, 5.74) is 2.64. The van der Waals surface area contributed by atoms with Gasteiger partial charge in [-0.25, -0.2) is 0 Å². The molecule has 0 amide bonds. The fourth-order valence-electron chi connectivity index (χ4n) is 5.35. The molecule has 0 radical (unpaired) electrons. The van der Waals surface area contributed by atoms with Crippen LogP contribution in [-0.4, -0.2) is 44.3 Å². The Kier molecular flexibility index (Phi) is 18.2. The Hall–Kier alpha value is -2.33. The van der Waals surface area contributed by atoms with Gasteiger partial charge >= 0.3 is 5.97 Å². The SMILES string of the molecule is CCCCCCCCCCCCCc1ccccc1OCCCCOC(=O)C(C)CC[N+](C)(C)Cc1ccccc1. The van der Waals surface area contributed by atoms with Gasteiger partial charge in [0.2, 0.25) is 0 Å². The number of hydrogen-bond acceptors (Lipinski definition) is 3. The highest BCUT2D eigenvalue weighted by molar-refractivity contribution is 5.71. The lowest BCUT2D eigenvalue weighted by Gasteiger charge is -2.30. The van der Waals surface area contributed by atoms with E-state index in [4.69, 9.17) is 9.47 Å². The van der Waals surface area contributed by atoms with E-state index in [2.05, 4.69) is 69.6 Å². The van der Waals surface area contributed by atoms with Gasteiger partial charge in [-0.05, 0) is 37.3 Å². The van der Waals surface area contributed by atoms with Crippen molar-refractivity contribution in [3.8, 4) is 5.75 Å². The molecular weight excluding hydrogens is 506 g/mol. The fraction of sp³-hybridized carbons (Fsp3) is 0.649. The van der Waals surface area contributed by atoms with Crippen molar-refractivity contribution >= 4 is 5.97 Å². The Balaban J connectivity index is 1.52. The number of esters is 1. The number of unbranched alkanes of at least 4 members (excludes halogenated alkanes) is 11. The van der Waals surface area contributed by atoms with Crippen LogP contribution in [0.2, 0.25) is 0 Å². The lowest BCUT2D eigenvalue weighted by atomic mass is 10.0. The Morgan fingerprint density at radius 2 is 1.32 bits per heavy atom. The summed E-state index contributed by atoms with van der Waals surface area (Å²) in [6.07, 6.45) is 18.7. The fourth-order valence-corrected chi connectivity index (χ4v) is 5.35. The van der Waals surface area contributed by atoms with Crippen molar-refractivity contribution in [3.05, 3.63) is 65.7 Å². The molecule has 0 aromatic heterocycles. The van der Waals surface area contributed by atoms with E-state index in [0.717, 1.165) is 49.0 Å². The van der Waals surface area contributed by atoms with Gasteiger partial charge in [-0.2, -0.15) is 0 Å². The van der Waals surface area contributed by atoms with E-state index in [9.17, 15) is 4.79 Å². The number of aryl methyl sites for hydroxylation is 1. The summed E-state index contributed by atoms with van der Waals surface area (Å²) in [6.45, 7) is 7.30. The lowest BCUT2D eigenvalue weighted by molar-refractivity contribution is -0.904. The third-order valence-electron chi connectivity index (χ3n) is 8.09. The summed E-state index contributed by atoms with van der Waals surface area (Å²) in [6, 6.07) is 19.0. The molecule has 0 fully saturated rings.